The third kappa shape index (κ3) is 5.79. The highest BCUT2D eigenvalue weighted by molar-refractivity contribution is 7.90. The van der Waals surface area contributed by atoms with Gasteiger partial charge >= 0.3 is 6.18 Å². The number of alkyl halides is 3. The molecule has 1 unspecified atom stereocenters. The summed E-state index contributed by atoms with van der Waals surface area (Å²) >= 11 is 5.86. The number of rotatable bonds is 6. The largest absolute Gasteiger partial charge is 0.476 e. The molecule has 2 aromatic rings. The molecular weight excluding hydrogens is 538 g/mol. The molecule has 1 amide bonds. The Bertz CT molecular complexity index is 1290. The average molecular weight is 564 g/mol. The van der Waals surface area contributed by atoms with E-state index in [1.165, 1.54) is 26.1 Å². The number of halogens is 5. The van der Waals surface area contributed by atoms with E-state index < -0.39 is 49.7 Å². The van der Waals surface area contributed by atoms with E-state index in [9.17, 15) is 30.8 Å². The molecule has 1 N–H and O–H groups in total. The molecule has 1 aromatic carbocycles. The summed E-state index contributed by atoms with van der Waals surface area (Å²) in [5.74, 6) is -1.96. The molecule has 13 heteroatoms. The smallest absolute Gasteiger partial charge is 0.420 e. The minimum atomic E-state index is -4.94. The zero-order chi connectivity index (χ0) is 27.3. The Morgan fingerprint density at radius 3 is 2.30 bits per heavy atom. The summed E-state index contributed by atoms with van der Waals surface area (Å²) in [6.45, 7) is 2.64. The predicted octanol–water partition coefficient (Wildman–Crippen LogP) is 4.77. The first-order valence-corrected chi connectivity index (χ1v) is 13.8. The van der Waals surface area contributed by atoms with Gasteiger partial charge in [-0.25, -0.2) is 17.8 Å². The minimum absolute atomic E-state index is 0.0491. The molecule has 0 radical (unpaired) electrons. The Kier molecular flexibility index (Phi) is 7.13. The third-order valence-electron chi connectivity index (χ3n) is 6.70. The fraction of sp³-hybridized carbons (Fsp3) is 0.500. The number of nitrogens with zero attached hydrogens (tertiary/aromatic N) is 2. The molecule has 2 aliphatic rings. The van der Waals surface area contributed by atoms with Gasteiger partial charge in [0.1, 0.15) is 17.2 Å². The Morgan fingerprint density at radius 1 is 1.16 bits per heavy atom. The number of ether oxygens (including phenoxy) is 1. The monoisotopic (exact) mass is 563 g/mol. The van der Waals surface area contributed by atoms with E-state index >= 15 is 0 Å². The lowest BCUT2D eigenvalue weighted by atomic mass is 9.96. The quantitative estimate of drug-likeness (QED) is 0.509. The zero-order valence-corrected chi connectivity index (χ0v) is 21.8. The van der Waals surface area contributed by atoms with E-state index in [1.54, 1.807) is 6.07 Å². The van der Waals surface area contributed by atoms with Crippen LogP contribution in [0.15, 0.2) is 35.4 Å². The number of amides is 1. The Hall–Kier alpha value is -2.60. The number of carbonyl (C=O) groups excluding carboxylic acids is 1. The molecule has 0 saturated carbocycles. The van der Waals surface area contributed by atoms with Crippen molar-refractivity contribution in [1.82, 2.24) is 10.3 Å². The van der Waals surface area contributed by atoms with Gasteiger partial charge in [0.05, 0.1) is 9.92 Å². The van der Waals surface area contributed by atoms with Crippen LogP contribution in [0.1, 0.15) is 45.1 Å². The number of fused-ring (bicyclic) bond motifs is 2. The van der Waals surface area contributed by atoms with E-state index in [1.807, 2.05) is 0 Å². The fourth-order valence-corrected chi connectivity index (χ4v) is 5.75. The van der Waals surface area contributed by atoms with Crippen LogP contribution in [0.25, 0.3) is 0 Å². The van der Waals surface area contributed by atoms with Crippen molar-refractivity contribution in [2.24, 2.45) is 0 Å². The van der Waals surface area contributed by atoms with Crippen molar-refractivity contribution >= 4 is 33.2 Å². The van der Waals surface area contributed by atoms with Crippen LogP contribution in [0.4, 0.5) is 23.4 Å². The molecule has 2 saturated heterocycles. The van der Waals surface area contributed by atoms with Crippen molar-refractivity contribution in [2.75, 3.05) is 11.2 Å². The minimum Gasteiger partial charge on any atom is -0.476 e. The molecule has 202 valence electrons. The molecule has 3 heterocycles. The number of benzene rings is 1. The number of anilines is 1. The molecule has 4 rings (SSSR count). The van der Waals surface area contributed by atoms with Crippen molar-refractivity contribution in [1.29, 1.82) is 0 Å². The maximum absolute atomic E-state index is 13.6. The number of carbonyl (C=O) groups is 1. The maximum atomic E-state index is 13.6. The zero-order valence-electron chi connectivity index (χ0n) is 20.3. The topological polar surface area (TPSA) is 88.6 Å². The second kappa shape index (κ2) is 9.61. The maximum Gasteiger partial charge on any atom is 0.420 e. The number of sulfone groups is 1. The molecule has 0 aliphatic carbocycles. The Labute approximate surface area is 217 Å². The molecule has 2 fully saturated rings. The predicted molar refractivity (Wildman–Crippen MR) is 129 cm³/mol. The second-order valence-corrected chi connectivity index (χ2v) is 12.4. The lowest BCUT2D eigenvalue weighted by Gasteiger charge is -2.41. The summed E-state index contributed by atoms with van der Waals surface area (Å²) in [5, 5.41) is 2.29. The summed E-state index contributed by atoms with van der Waals surface area (Å²) < 4.78 is 82.9. The van der Waals surface area contributed by atoms with Crippen LogP contribution in [0.3, 0.4) is 0 Å². The lowest BCUT2D eigenvalue weighted by molar-refractivity contribution is -0.144. The summed E-state index contributed by atoms with van der Waals surface area (Å²) in [7, 11) is -3.37. The second-order valence-electron chi connectivity index (χ2n) is 9.93. The van der Waals surface area contributed by atoms with Crippen molar-refractivity contribution < 1.29 is 35.5 Å². The van der Waals surface area contributed by atoms with Crippen LogP contribution in [-0.4, -0.2) is 49.3 Å². The Balaban J connectivity index is 1.46. The van der Waals surface area contributed by atoms with Gasteiger partial charge in [0, 0.05) is 30.6 Å². The van der Waals surface area contributed by atoms with Gasteiger partial charge in [-0.1, -0.05) is 11.6 Å². The third-order valence-corrected chi connectivity index (χ3v) is 8.08. The summed E-state index contributed by atoms with van der Waals surface area (Å²) in [4.78, 5) is 19.7. The summed E-state index contributed by atoms with van der Waals surface area (Å²) in [5.41, 5.74) is -3.14. The number of pyridine rings is 1. The standard InChI is InChI=1S/C24H26ClF4N3O4S/c1-23(2,36-21-18(24(27,28)29)8-13(26)9-19(21)25)22(33)31-14-10-15-4-5-16(11-14)32(15)20-7-6-17(12-30-20)37(3,34)35/h6-9,12,14-16H,4-5,10-11H2,1-3H3,(H,31,33)/t14?,15-,16+. The molecule has 0 spiro atoms. The number of hydrogen-bond donors (Lipinski definition) is 1. The molecule has 3 atom stereocenters. The fourth-order valence-electron chi connectivity index (χ4n) is 4.95. The van der Waals surface area contributed by atoms with Crippen molar-refractivity contribution in [3.05, 3.63) is 46.9 Å². The van der Waals surface area contributed by atoms with E-state index in [-0.39, 0.29) is 29.1 Å². The SMILES string of the molecule is CC(C)(Oc1c(Cl)cc(F)cc1C(F)(F)F)C(=O)NC1C[C@H]2CC[C@@H](C1)N2c1ccc(S(C)(=O)=O)cn1. The van der Waals surface area contributed by atoms with Crippen molar-refractivity contribution in [2.45, 2.75) is 74.3 Å². The van der Waals surface area contributed by atoms with Crippen LogP contribution < -0.4 is 15.0 Å². The molecule has 2 bridgehead atoms. The van der Waals surface area contributed by atoms with Crippen LogP contribution in [0, 0.1) is 5.82 Å². The number of nitrogens with one attached hydrogen (secondary N) is 1. The van der Waals surface area contributed by atoms with Gasteiger partial charge in [0.2, 0.25) is 0 Å². The van der Waals surface area contributed by atoms with Gasteiger partial charge in [-0.15, -0.1) is 0 Å². The first-order chi connectivity index (χ1) is 17.1. The molecular formula is C24H26ClF4N3O4S. The van der Waals surface area contributed by atoms with Gasteiger partial charge in [0.15, 0.2) is 21.2 Å². The highest BCUT2D eigenvalue weighted by Crippen LogP contribution is 2.43. The number of piperidine rings is 1. The molecule has 37 heavy (non-hydrogen) atoms. The molecule has 7 nitrogen and oxygen atoms in total. The Morgan fingerprint density at radius 2 is 1.78 bits per heavy atom. The number of hydrogen-bond acceptors (Lipinski definition) is 6. The highest BCUT2D eigenvalue weighted by atomic mass is 35.5. The van der Waals surface area contributed by atoms with E-state index in [2.05, 4.69) is 15.2 Å². The van der Waals surface area contributed by atoms with Gasteiger partial charge < -0.3 is 15.0 Å². The van der Waals surface area contributed by atoms with Gasteiger partial charge in [0.25, 0.3) is 5.91 Å². The number of aromatic nitrogens is 1. The first-order valence-electron chi connectivity index (χ1n) is 11.6. The van der Waals surface area contributed by atoms with Crippen LogP contribution in [-0.2, 0) is 20.8 Å². The molecule has 2 aliphatic heterocycles. The average Bonchev–Trinajstić information content (AvgIpc) is 3.04. The molecule has 1 aromatic heterocycles. The van der Waals surface area contributed by atoms with E-state index in [0.29, 0.717) is 24.7 Å². The van der Waals surface area contributed by atoms with Crippen LogP contribution in [0.5, 0.6) is 5.75 Å². The van der Waals surface area contributed by atoms with Gasteiger partial charge in [-0.2, -0.15) is 13.2 Å². The van der Waals surface area contributed by atoms with Crippen molar-refractivity contribution in [3.63, 3.8) is 0 Å². The van der Waals surface area contributed by atoms with Crippen molar-refractivity contribution in [3.8, 4) is 5.75 Å². The summed E-state index contributed by atoms with van der Waals surface area (Å²) in [6.07, 6.45) is 0.346. The normalized spacial score (nSPS) is 22.2. The highest BCUT2D eigenvalue weighted by Gasteiger charge is 2.44. The first kappa shape index (κ1) is 27.4. The van der Waals surface area contributed by atoms with E-state index in [4.69, 9.17) is 16.3 Å². The van der Waals surface area contributed by atoms with E-state index in [0.717, 1.165) is 19.1 Å². The lowest BCUT2D eigenvalue weighted by Crippen LogP contribution is -2.55. The summed E-state index contributed by atoms with van der Waals surface area (Å²) in [6, 6.07) is 4.00. The van der Waals surface area contributed by atoms with Crippen LogP contribution >= 0.6 is 11.6 Å². The van der Waals surface area contributed by atoms with Gasteiger partial charge in [-0.05, 0) is 63.8 Å². The van der Waals surface area contributed by atoms with Gasteiger partial charge in [-0.3, -0.25) is 4.79 Å². The van der Waals surface area contributed by atoms with Crippen LogP contribution in [0.2, 0.25) is 5.02 Å².